The fraction of sp³-hybridized carbons (Fsp3) is 0.929. The van der Waals surface area contributed by atoms with Crippen molar-refractivity contribution in [1.29, 1.82) is 0 Å². The maximum atomic E-state index is 11.9. The molecule has 1 fully saturated rings. The Labute approximate surface area is 105 Å². The average Bonchev–Trinajstić information content (AvgIpc) is 2.27. The lowest BCUT2D eigenvalue weighted by Gasteiger charge is -2.31. The molecule has 0 aromatic heterocycles. The summed E-state index contributed by atoms with van der Waals surface area (Å²) in [6.45, 7) is 8.10. The van der Waals surface area contributed by atoms with Crippen LogP contribution in [0.25, 0.3) is 0 Å². The van der Waals surface area contributed by atoms with E-state index >= 15 is 0 Å². The molecule has 1 saturated carbocycles. The zero-order valence-corrected chi connectivity index (χ0v) is 11.7. The zero-order chi connectivity index (χ0) is 13.1. The van der Waals surface area contributed by atoms with Crippen LogP contribution in [0.15, 0.2) is 0 Å². The van der Waals surface area contributed by atoms with Crippen LogP contribution in [-0.4, -0.2) is 18.1 Å². The topological polar surface area (TPSA) is 52.3 Å². The van der Waals surface area contributed by atoms with Gasteiger partial charge in [-0.05, 0) is 30.6 Å². The molecule has 0 aromatic rings. The second-order valence-electron chi connectivity index (χ2n) is 6.34. The predicted octanol–water partition coefficient (Wildman–Crippen LogP) is 2.87. The maximum absolute atomic E-state index is 11.9. The zero-order valence-electron chi connectivity index (χ0n) is 11.7. The number of carbonyl (C=O) groups is 1. The SMILES string of the molecule is CCC1CCCC(OC(=O)C(N)C(C)(C)C)C1. The van der Waals surface area contributed by atoms with E-state index < -0.39 is 6.04 Å². The lowest BCUT2D eigenvalue weighted by molar-refractivity contribution is -0.155. The monoisotopic (exact) mass is 241 g/mol. The maximum Gasteiger partial charge on any atom is 0.323 e. The van der Waals surface area contributed by atoms with E-state index in [1.807, 2.05) is 20.8 Å². The van der Waals surface area contributed by atoms with Gasteiger partial charge in [0.25, 0.3) is 0 Å². The molecule has 2 N–H and O–H groups in total. The minimum absolute atomic E-state index is 0.0922. The predicted molar refractivity (Wildman–Crippen MR) is 69.6 cm³/mol. The average molecular weight is 241 g/mol. The van der Waals surface area contributed by atoms with Crippen LogP contribution in [-0.2, 0) is 9.53 Å². The van der Waals surface area contributed by atoms with E-state index in [0.29, 0.717) is 5.92 Å². The molecule has 0 heterocycles. The van der Waals surface area contributed by atoms with Crippen molar-refractivity contribution < 1.29 is 9.53 Å². The third-order valence-electron chi connectivity index (χ3n) is 3.78. The molecule has 1 rings (SSSR count). The molecule has 3 nitrogen and oxygen atoms in total. The molecule has 0 aliphatic heterocycles. The summed E-state index contributed by atoms with van der Waals surface area (Å²) >= 11 is 0. The molecule has 0 aromatic carbocycles. The van der Waals surface area contributed by atoms with Crippen molar-refractivity contribution in [3.8, 4) is 0 Å². The fourth-order valence-electron chi connectivity index (χ4n) is 2.31. The molecule has 0 radical (unpaired) electrons. The highest BCUT2D eigenvalue weighted by molar-refractivity contribution is 5.76. The normalized spacial score (nSPS) is 27.6. The molecule has 3 unspecified atom stereocenters. The Bertz CT molecular complexity index is 257. The lowest BCUT2D eigenvalue weighted by Crippen LogP contribution is -2.45. The van der Waals surface area contributed by atoms with Crippen LogP contribution in [0.1, 0.15) is 59.8 Å². The summed E-state index contributed by atoms with van der Waals surface area (Å²) in [6, 6.07) is -0.524. The van der Waals surface area contributed by atoms with Crippen LogP contribution in [0.2, 0.25) is 0 Å². The Hall–Kier alpha value is -0.570. The molecular weight excluding hydrogens is 214 g/mol. The van der Waals surface area contributed by atoms with Gasteiger partial charge >= 0.3 is 5.97 Å². The van der Waals surface area contributed by atoms with Gasteiger partial charge in [-0.15, -0.1) is 0 Å². The van der Waals surface area contributed by atoms with E-state index in [9.17, 15) is 4.79 Å². The first kappa shape index (κ1) is 14.5. The smallest absolute Gasteiger partial charge is 0.323 e. The minimum atomic E-state index is -0.524. The summed E-state index contributed by atoms with van der Waals surface area (Å²) in [5.41, 5.74) is 5.68. The number of hydrogen-bond donors (Lipinski definition) is 1. The second-order valence-corrected chi connectivity index (χ2v) is 6.34. The summed E-state index contributed by atoms with van der Waals surface area (Å²) in [6.07, 6.45) is 5.73. The molecule has 3 heteroatoms. The molecule has 1 aliphatic carbocycles. The second kappa shape index (κ2) is 5.85. The summed E-state index contributed by atoms with van der Waals surface area (Å²) < 4.78 is 5.55. The van der Waals surface area contributed by atoms with E-state index in [4.69, 9.17) is 10.5 Å². The molecule has 3 atom stereocenters. The van der Waals surface area contributed by atoms with Crippen LogP contribution in [0, 0.1) is 11.3 Å². The van der Waals surface area contributed by atoms with Gasteiger partial charge in [0, 0.05) is 0 Å². The molecular formula is C14H27NO2. The van der Waals surface area contributed by atoms with E-state index in [-0.39, 0.29) is 17.5 Å². The van der Waals surface area contributed by atoms with Crippen molar-refractivity contribution in [3.63, 3.8) is 0 Å². The number of hydrogen-bond acceptors (Lipinski definition) is 3. The van der Waals surface area contributed by atoms with Gasteiger partial charge in [0.15, 0.2) is 0 Å². The van der Waals surface area contributed by atoms with Gasteiger partial charge in [0.05, 0.1) is 0 Å². The standard InChI is InChI=1S/C14H27NO2/c1-5-10-7-6-8-11(9-10)17-13(16)12(15)14(2,3)4/h10-12H,5-9,15H2,1-4H3. The van der Waals surface area contributed by atoms with Gasteiger partial charge in [-0.2, -0.15) is 0 Å². The fourth-order valence-corrected chi connectivity index (χ4v) is 2.31. The number of nitrogens with two attached hydrogens (primary N) is 1. The Morgan fingerprint density at radius 3 is 2.59 bits per heavy atom. The summed E-state index contributed by atoms with van der Waals surface area (Å²) in [5.74, 6) is 0.478. The van der Waals surface area contributed by atoms with E-state index in [0.717, 1.165) is 12.8 Å². The first-order valence-corrected chi connectivity index (χ1v) is 6.80. The van der Waals surface area contributed by atoms with Gasteiger partial charge in [0.2, 0.25) is 0 Å². The first-order chi connectivity index (χ1) is 7.84. The van der Waals surface area contributed by atoms with Crippen molar-refractivity contribution in [2.75, 3.05) is 0 Å². The van der Waals surface area contributed by atoms with Crippen molar-refractivity contribution >= 4 is 5.97 Å². The minimum Gasteiger partial charge on any atom is -0.461 e. The largest absolute Gasteiger partial charge is 0.461 e. The van der Waals surface area contributed by atoms with Gasteiger partial charge in [0.1, 0.15) is 12.1 Å². The lowest BCUT2D eigenvalue weighted by atomic mass is 9.85. The van der Waals surface area contributed by atoms with Crippen molar-refractivity contribution in [1.82, 2.24) is 0 Å². The Kier molecular flexibility index (Phi) is 4.99. The third kappa shape index (κ3) is 4.30. The van der Waals surface area contributed by atoms with Crippen molar-refractivity contribution in [2.24, 2.45) is 17.1 Å². The highest BCUT2D eigenvalue weighted by Gasteiger charge is 2.32. The third-order valence-corrected chi connectivity index (χ3v) is 3.78. The Balaban J connectivity index is 2.46. The highest BCUT2D eigenvalue weighted by atomic mass is 16.5. The Morgan fingerprint density at radius 2 is 2.06 bits per heavy atom. The number of rotatable bonds is 3. The van der Waals surface area contributed by atoms with Crippen LogP contribution in [0.5, 0.6) is 0 Å². The molecule has 0 bridgehead atoms. The summed E-state index contributed by atoms with van der Waals surface area (Å²) in [5, 5.41) is 0. The summed E-state index contributed by atoms with van der Waals surface area (Å²) in [4.78, 5) is 11.9. The highest BCUT2D eigenvalue weighted by Crippen LogP contribution is 2.29. The van der Waals surface area contributed by atoms with E-state index in [1.54, 1.807) is 0 Å². The number of ether oxygens (including phenoxy) is 1. The van der Waals surface area contributed by atoms with Crippen LogP contribution in [0.4, 0.5) is 0 Å². The van der Waals surface area contributed by atoms with Crippen LogP contribution < -0.4 is 5.73 Å². The van der Waals surface area contributed by atoms with E-state index in [2.05, 4.69) is 6.92 Å². The van der Waals surface area contributed by atoms with Crippen molar-refractivity contribution in [2.45, 2.75) is 71.9 Å². The molecule has 1 aliphatic rings. The van der Waals surface area contributed by atoms with Crippen LogP contribution in [0.3, 0.4) is 0 Å². The van der Waals surface area contributed by atoms with Gasteiger partial charge in [-0.1, -0.05) is 40.5 Å². The molecule has 0 saturated heterocycles. The quantitative estimate of drug-likeness (QED) is 0.773. The molecule has 0 amide bonds. The molecule has 0 spiro atoms. The summed E-state index contributed by atoms with van der Waals surface area (Å²) in [7, 11) is 0. The van der Waals surface area contributed by atoms with E-state index in [1.165, 1.54) is 19.3 Å². The molecule has 17 heavy (non-hydrogen) atoms. The van der Waals surface area contributed by atoms with Crippen LogP contribution >= 0.6 is 0 Å². The van der Waals surface area contributed by atoms with Gasteiger partial charge in [-0.25, -0.2) is 0 Å². The van der Waals surface area contributed by atoms with Crippen molar-refractivity contribution in [3.05, 3.63) is 0 Å². The Morgan fingerprint density at radius 1 is 1.41 bits per heavy atom. The number of esters is 1. The number of carbonyl (C=O) groups excluding carboxylic acids is 1. The molecule has 100 valence electrons. The van der Waals surface area contributed by atoms with Gasteiger partial charge in [-0.3, -0.25) is 4.79 Å². The van der Waals surface area contributed by atoms with Gasteiger partial charge < -0.3 is 10.5 Å². The first-order valence-electron chi connectivity index (χ1n) is 6.80.